The average Bonchev–Trinajstić information content (AvgIpc) is 2.19. The predicted octanol–water partition coefficient (Wildman–Crippen LogP) is 0.647. The Hall–Kier alpha value is -1.13. The number of pyridine rings is 1. The zero-order chi connectivity index (χ0) is 10.6. The van der Waals surface area contributed by atoms with E-state index in [0.29, 0.717) is 12.5 Å². The van der Waals surface area contributed by atoms with Crippen molar-refractivity contribution >= 4 is 0 Å². The van der Waals surface area contributed by atoms with E-state index in [1.165, 1.54) is 0 Å². The van der Waals surface area contributed by atoms with Gasteiger partial charge in [0.05, 0.1) is 18.8 Å². The van der Waals surface area contributed by atoms with Crippen LogP contribution in [0.1, 0.15) is 19.4 Å². The molecule has 1 unspecified atom stereocenters. The van der Waals surface area contributed by atoms with Crippen molar-refractivity contribution in [1.82, 2.24) is 4.98 Å². The summed E-state index contributed by atoms with van der Waals surface area (Å²) in [6, 6.07) is 3.56. The van der Waals surface area contributed by atoms with Gasteiger partial charge in [-0.25, -0.2) is 4.98 Å². The summed E-state index contributed by atoms with van der Waals surface area (Å²) in [7, 11) is 0. The maximum atomic E-state index is 9.04. The van der Waals surface area contributed by atoms with Crippen LogP contribution in [-0.4, -0.2) is 23.3 Å². The number of hydrogen-bond donors (Lipinski definition) is 2. The van der Waals surface area contributed by atoms with E-state index in [4.69, 9.17) is 15.6 Å². The lowest BCUT2D eigenvalue weighted by atomic mass is 9.96. The Morgan fingerprint density at radius 2 is 2.29 bits per heavy atom. The summed E-state index contributed by atoms with van der Waals surface area (Å²) in [4.78, 5) is 4.07. The third-order valence-electron chi connectivity index (χ3n) is 2.02. The lowest BCUT2D eigenvalue weighted by molar-refractivity contribution is 0.209. The first-order valence-electron chi connectivity index (χ1n) is 4.59. The summed E-state index contributed by atoms with van der Waals surface area (Å²) in [6.07, 6.45) is 1.63. The molecule has 1 atom stereocenters. The topological polar surface area (TPSA) is 68.4 Å². The van der Waals surface area contributed by atoms with E-state index in [1.807, 2.05) is 13.0 Å². The van der Waals surface area contributed by atoms with E-state index in [2.05, 4.69) is 4.98 Å². The molecule has 78 valence electrons. The Labute approximate surface area is 83.7 Å². The Morgan fingerprint density at radius 1 is 1.57 bits per heavy atom. The minimum Gasteiger partial charge on any atom is -0.478 e. The molecule has 0 aliphatic rings. The summed E-state index contributed by atoms with van der Waals surface area (Å²) in [5, 5.41) is 9.04. The quantitative estimate of drug-likeness (QED) is 0.741. The Balaban J connectivity index is 2.82. The molecule has 3 N–H and O–H groups in total. The second kappa shape index (κ2) is 4.39. The second-order valence-electron chi connectivity index (χ2n) is 3.39. The van der Waals surface area contributed by atoms with Crippen molar-refractivity contribution in [2.24, 2.45) is 5.73 Å². The number of aromatic nitrogens is 1. The van der Waals surface area contributed by atoms with Gasteiger partial charge in [-0.1, -0.05) is 6.07 Å². The van der Waals surface area contributed by atoms with E-state index in [0.717, 1.165) is 5.56 Å². The molecule has 4 nitrogen and oxygen atoms in total. The van der Waals surface area contributed by atoms with Gasteiger partial charge >= 0.3 is 0 Å². The van der Waals surface area contributed by atoms with Crippen molar-refractivity contribution in [2.75, 3.05) is 13.2 Å². The van der Waals surface area contributed by atoms with Crippen molar-refractivity contribution in [3.05, 3.63) is 23.9 Å². The van der Waals surface area contributed by atoms with E-state index < -0.39 is 5.54 Å². The average molecular weight is 196 g/mol. The molecule has 0 spiro atoms. The van der Waals surface area contributed by atoms with Crippen LogP contribution < -0.4 is 10.5 Å². The van der Waals surface area contributed by atoms with Crippen LogP contribution in [0.15, 0.2) is 18.3 Å². The summed E-state index contributed by atoms with van der Waals surface area (Å²) < 4.78 is 5.19. The van der Waals surface area contributed by atoms with Gasteiger partial charge in [-0.2, -0.15) is 0 Å². The smallest absolute Gasteiger partial charge is 0.213 e. The highest BCUT2D eigenvalue weighted by atomic mass is 16.5. The van der Waals surface area contributed by atoms with Gasteiger partial charge in [0.15, 0.2) is 0 Å². The van der Waals surface area contributed by atoms with E-state index in [-0.39, 0.29) is 6.61 Å². The molecule has 0 bridgehead atoms. The first-order valence-corrected chi connectivity index (χ1v) is 4.59. The fourth-order valence-corrected chi connectivity index (χ4v) is 1.04. The molecular weight excluding hydrogens is 180 g/mol. The van der Waals surface area contributed by atoms with Gasteiger partial charge < -0.3 is 15.6 Å². The van der Waals surface area contributed by atoms with Gasteiger partial charge in [-0.3, -0.25) is 0 Å². The van der Waals surface area contributed by atoms with Gasteiger partial charge in [-0.05, 0) is 19.4 Å². The number of nitrogens with two attached hydrogens (primary N) is 1. The SMILES string of the molecule is CCOc1ccc(C(C)(N)CO)cn1. The number of aliphatic hydroxyl groups is 1. The Bertz CT molecular complexity index is 283. The molecule has 1 rings (SSSR count). The Kier molecular flexibility index (Phi) is 3.43. The molecule has 0 fully saturated rings. The zero-order valence-electron chi connectivity index (χ0n) is 8.53. The van der Waals surface area contributed by atoms with Crippen LogP contribution >= 0.6 is 0 Å². The highest BCUT2D eigenvalue weighted by Crippen LogP contribution is 2.17. The van der Waals surface area contributed by atoms with E-state index in [1.54, 1.807) is 19.2 Å². The van der Waals surface area contributed by atoms with Crippen molar-refractivity contribution in [3.63, 3.8) is 0 Å². The summed E-state index contributed by atoms with van der Waals surface area (Å²) in [6.45, 7) is 4.13. The van der Waals surface area contributed by atoms with Crippen LogP contribution in [0.5, 0.6) is 5.88 Å². The summed E-state index contributed by atoms with van der Waals surface area (Å²) in [5.74, 6) is 0.574. The van der Waals surface area contributed by atoms with Crippen LogP contribution in [0, 0.1) is 0 Å². The van der Waals surface area contributed by atoms with Crippen molar-refractivity contribution in [3.8, 4) is 5.88 Å². The van der Waals surface area contributed by atoms with Gasteiger partial charge in [0.2, 0.25) is 5.88 Å². The molecule has 0 saturated heterocycles. The first-order chi connectivity index (χ1) is 6.60. The molecule has 0 aliphatic carbocycles. The normalized spacial score (nSPS) is 14.9. The second-order valence-corrected chi connectivity index (χ2v) is 3.39. The van der Waals surface area contributed by atoms with Gasteiger partial charge in [-0.15, -0.1) is 0 Å². The van der Waals surface area contributed by atoms with Crippen LogP contribution in [0.3, 0.4) is 0 Å². The molecule has 1 heterocycles. The minimum absolute atomic E-state index is 0.108. The van der Waals surface area contributed by atoms with E-state index >= 15 is 0 Å². The number of nitrogens with zero attached hydrogens (tertiary/aromatic N) is 1. The third kappa shape index (κ3) is 2.43. The highest BCUT2D eigenvalue weighted by Gasteiger charge is 2.19. The lowest BCUT2D eigenvalue weighted by Gasteiger charge is -2.21. The van der Waals surface area contributed by atoms with E-state index in [9.17, 15) is 0 Å². The van der Waals surface area contributed by atoms with Crippen LogP contribution in [0.25, 0.3) is 0 Å². The Morgan fingerprint density at radius 3 is 2.71 bits per heavy atom. The molecule has 1 aromatic rings. The molecule has 0 aromatic carbocycles. The predicted molar refractivity (Wildman–Crippen MR) is 54.0 cm³/mol. The number of aliphatic hydroxyl groups excluding tert-OH is 1. The summed E-state index contributed by atoms with van der Waals surface area (Å²) in [5.41, 5.74) is 5.89. The standard InChI is InChI=1S/C10H16N2O2/c1-3-14-9-5-4-8(6-12-9)10(2,11)7-13/h4-6,13H,3,7,11H2,1-2H3. The monoisotopic (exact) mass is 196 g/mol. The molecule has 14 heavy (non-hydrogen) atoms. The van der Waals surface area contributed by atoms with Crippen LogP contribution in [0.2, 0.25) is 0 Å². The number of rotatable bonds is 4. The highest BCUT2D eigenvalue weighted by molar-refractivity contribution is 5.24. The number of ether oxygens (including phenoxy) is 1. The van der Waals surface area contributed by atoms with Crippen LogP contribution in [0.4, 0.5) is 0 Å². The fourth-order valence-electron chi connectivity index (χ4n) is 1.04. The van der Waals surface area contributed by atoms with Gasteiger partial charge in [0, 0.05) is 12.3 Å². The first kappa shape index (κ1) is 10.9. The minimum atomic E-state index is -0.738. The molecule has 0 saturated carbocycles. The molecule has 1 aromatic heterocycles. The third-order valence-corrected chi connectivity index (χ3v) is 2.02. The van der Waals surface area contributed by atoms with Crippen LogP contribution in [-0.2, 0) is 5.54 Å². The molecule has 0 radical (unpaired) electrons. The molecule has 0 amide bonds. The molecular formula is C10H16N2O2. The van der Waals surface area contributed by atoms with Crippen molar-refractivity contribution < 1.29 is 9.84 Å². The van der Waals surface area contributed by atoms with Gasteiger partial charge in [0.25, 0.3) is 0 Å². The van der Waals surface area contributed by atoms with Crippen molar-refractivity contribution in [1.29, 1.82) is 0 Å². The molecule has 4 heteroatoms. The summed E-state index contributed by atoms with van der Waals surface area (Å²) >= 11 is 0. The van der Waals surface area contributed by atoms with Gasteiger partial charge in [0.1, 0.15) is 0 Å². The fraction of sp³-hybridized carbons (Fsp3) is 0.500. The largest absolute Gasteiger partial charge is 0.478 e. The maximum absolute atomic E-state index is 9.04. The number of hydrogen-bond acceptors (Lipinski definition) is 4. The van der Waals surface area contributed by atoms with Crippen molar-refractivity contribution in [2.45, 2.75) is 19.4 Å². The lowest BCUT2D eigenvalue weighted by Crippen LogP contribution is -2.36. The maximum Gasteiger partial charge on any atom is 0.213 e. The zero-order valence-corrected chi connectivity index (χ0v) is 8.53. The molecule has 0 aliphatic heterocycles.